The fraction of sp³-hybridized carbons (Fsp3) is 0.250. The molecular formula is C12H13NO2S. The molecule has 0 fully saturated rings. The molecule has 3 nitrogen and oxygen atoms in total. The molecule has 0 bridgehead atoms. The zero-order chi connectivity index (χ0) is 11.4. The van der Waals surface area contributed by atoms with Gasteiger partial charge in [0.25, 0.3) is 5.19 Å². The molecule has 1 aromatic heterocycles. The van der Waals surface area contributed by atoms with Gasteiger partial charge < -0.3 is 9.47 Å². The van der Waals surface area contributed by atoms with E-state index in [1.807, 2.05) is 36.6 Å². The Morgan fingerprint density at radius 3 is 2.56 bits per heavy atom. The van der Waals surface area contributed by atoms with Crippen LogP contribution < -0.4 is 9.47 Å². The average Bonchev–Trinajstić information content (AvgIpc) is 2.79. The lowest BCUT2D eigenvalue weighted by molar-refractivity contribution is 0.340. The highest BCUT2D eigenvalue weighted by Gasteiger charge is 2.04. The van der Waals surface area contributed by atoms with Gasteiger partial charge in [0.05, 0.1) is 19.4 Å². The van der Waals surface area contributed by atoms with Crippen LogP contribution in [0, 0.1) is 0 Å². The minimum absolute atomic E-state index is 0.684. The van der Waals surface area contributed by atoms with Gasteiger partial charge in [0.1, 0.15) is 5.75 Å². The van der Waals surface area contributed by atoms with E-state index in [0.717, 1.165) is 17.0 Å². The number of aromatic nitrogens is 1. The van der Waals surface area contributed by atoms with Gasteiger partial charge in [0, 0.05) is 10.9 Å². The predicted octanol–water partition coefficient (Wildman–Crippen LogP) is 3.22. The number of ether oxygens (including phenoxy) is 2. The summed E-state index contributed by atoms with van der Waals surface area (Å²) in [7, 11) is 1.63. The van der Waals surface area contributed by atoms with Crippen LogP contribution in [0.2, 0.25) is 0 Å². The number of rotatable bonds is 4. The highest BCUT2D eigenvalue weighted by Crippen LogP contribution is 2.27. The van der Waals surface area contributed by atoms with E-state index in [1.165, 1.54) is 11.3 Å². The van der Waals surface area contributed by atoms with E-state index in [2.05, 4.69) is 4.98 Å². The van der Waals surface area contributed by atoms with E-state index in [1.54, 1.807) is 7.11 Å². The molecule has 0 atom stereocenters. The van der Waals surface area contributed by atoms with E-state index in [0.29, 0.717) is 11.8 Å². The van der Waals surface area contributed by atoms with Gasteiger partial charge >= 0.3 is 0 Å². The first-order valence-corrected chi connectivity index (χ1v) is 5.94. The molecule has 2 aromatic rings. The summed E-state index contributed by atoms with van der Waals surface area (Å²) in [6.07, 6.45) is 0. The van der Waals surface area contributed by atoms with Crippen LogP contribution in [-0.2, 0) is 0 Å². The quantitative estimate of drug-likeness (QED) is 0.815. The summed E-state index contributed by atoms with van der Waals surface area (Å²) in [5.74, 6) is 0.883. The SMILES string of the molecule is CCOc1ccc(-c2csc(OC)n2)cc1. The maximum absolute atomic E-state index is 5.38. The largest absolute Gasteiger partial charge is 0.494 e. The Bertz CT molecular complexity index is 450. The van der Waals surface area contributed by atoms with Gasteiger partial charge in [0.15, 0.2) is 0 Å². The molecule has 0 radical (unpaired) electrons. The third kappa shape index (κ3) is 2.33. The number of thiazole rings is 1. The third-order valence-corrected chi connectivity index (χ3v) is 2.92. The van der Waals surface area contributed by atoms with Gasteiger partial charge in [-0.3, -0.25) is 0 Å². The van der Waals surface area contributed by atoms with Crippen LogP contribution in [0.25, 0.3) is 11.3 Å². The molecule has 16 heavy (non-hydrogen) atoms. The van der Waals surface area contributed by atoms with Crippen LogP contribution in [0.3, 0.4) is 0 Å². The lowest BCUT2D eigenvalue weighted by atomic mass is 10.2. The Balaban J connectivity index is 2.20. The molecule has 0 saturated heterocycles. The summed E-state index contributed by atoms with van der Waals surface area (Å²) >= 11 is 1.49. The highest BCUT2D eigenvalue weighted by molar-refractivity contribution is 7.11. The number of methoxy groups -OCH3 is 1. The monoisotopic (exact) mass is 235 g/mol. The molecule has 0 spiro atoms. The van der Waals surface area contributed by atoms with Crippen molar-refractivity contribution in [2.24, 2.45) is 0 Å². The zero-order valence-electron chi connectivity index (χ0n) is 9.27. The zero-order valence-corrected chi connectivity index (χ0v) is 10.1. The van der Waals surface area contributed by atoms with Gasteiger partial charge in [-0.2, -0.15) is 0 Å². The normalized spacial score (nSPS) is 10.1. The second kappa shape index (κ2) is 4.99. The van der Waals surface area contributed by atoms with Crippen molar-refractivity contribution < 1.29 is 9.47 Å². The van der Waals surface area contributed by atoms with Crippen LogP contribution in [0.15, 0.2) is 29.6 Å². The first-order chi connectivity index (χ1) is 7.83. The molecule has 0 amide bonds. The first kappa shape index (κ1) is 11.0. The lowest BCUT2D eigenvalue weighted by Crippen LogP contribution is -1.90. The highest BCUT2D eigenvalue weighted by atomic mass is 32.1. The molecule has 0 aliphatic rings. The summed E-state index contributed by atoms with van der Waals surface area (Å²) in [5.41, 5.74) is 2.01. The smallest absolute Gasteiger partial charge is 0.273 e. The molecule has 84 valence electrons. The molecule has 0 aliphatic carbocycles. The Morgan fingerprint density at radius 2 is 2.00 bits per heavy atom. The molecular weight excluding hydrogens is 222 g/mol. The van der Waals surface area contributed by atoms with Gasteiger partial charge in [0.2, 0.25) is 0 Å². The number of benzene rings is 1. The van der Waals surface area contributed by atoms with Crippen molar-refractivity contribution in [3.05, 3.63) is 29.6 Å². The van der Waals surface area contributed by atoms with Crippen molar-refractivity contribution in [3.8, 4) is 22.2 Å². The predicted molar refractivity (Wildman–Crippen MR) is 65.3 cm³/mol. The number of hydrogen-bond donors (Lipinski definition) is 0. The summed E-state index contributed by atoms with van der Waals surface area (Å²) in [5, 5.41) is 2.66. The van der Waals surface area contributed by atoms with E-state index in [9.17, 15) is 0 Å². The molecule has 1 aromatic carbocycles. The van der Waals surface area contributed by atoms with Crippen molar-refractivity contribution in [2.75, 3.05) is 13.7 Å². The molecule has 0 saturated carbocycles. The van der Waals surface area contributed by atoms with Crippen molar-refractivity contribution in [3.63, 3.8) is 0 Å². The molecule has 0 unspecified atom stereocenters. The Labute approximate surface area is 98.7 Å². The Morgan fingerprint density at radius 1 is 1.25 bits per heavy atom. The van der Waals surface area contributed by atoms with Crippen LogP contribution in [0.1, 0.15) is 6.92 Å². The van der Waals surface area contributed by atoms with E-state index in [4.69, 9.17) is 9.47 Å². The third-order valence-electron chi connectivity index (χ3n) is 2.12. The van der Waals surface area contributed by atoms with E-state index >= 15 is 0 Å². The van der Waals surface area contributed by atoms with Gasteiger partial charge in [-0.05, 0) is 31.2 Å². The van der Waals surface area contributed by atoms with Crippen molar-refractivity contribution in [1.82, 2.24) is 4.98 Å². The fourth-order valence-corrected chi connectivity index (χ4v) is 2.02. The topological polar surface area (TPSA) is 31.4 Å². The fourth-order valence-electron chi connectivity index (χ4n) is 1.37. The van der Waals surface area contributed by atoms with Gasteiger partial charge in [-0.25, -0.2) is 4.98 Å². The average molecular weight is 235 g/mol. The summed E-state index contributed by atoms with van der Waals surface area (Å²) < 4.78 is 10.4. The molecule has 1 heterocycles. The van der Waals surface area contributed by atoms with Crippen LogP contribution in [0.4, 0.5) is 0 Å². The van der Waals surface area contributed by atoms with Crippen LogP contribution in [0.5, 0.6) is 10.9 Å². The summed E-state index contributed by atoms with van der Waals surface area (Å²) in [6.45, 7) is 2.66. The van der Waals surface area contributed by atoms with Crippen LogP contribution in [-0.4, -0.2) is 18.7 Å². The first-order valence-electron chi connectivity index (χ1n) is 5.06. The van der Waals surface area contributed by atoms with Crippen molar-refractivity contribution in [1.29, 1.82) is 0 Å². The number of hydrogen-bond acceptors (Lipinski definition) is 4. The lowest BCUT2D eigenvalue weighted by Gasteiger charge is -2.02. The number of nitrogens with zero attached hydrogens (tertiary/aromatic N) is 1. The van der Waals surface area contributed by atoms with Gasteiger partial charge in [-0.1, -0.05) is 11.3 Å². The molecule has 4 heteroatoms. The summed E-state index contributed by atoms with van der Waals surface area (Å²) in [4.78, 5) is 4.33. The second-order valence-corrected chi connectivity index (χ2v) is 3.98. The maximum atomic E-state index is 5.38. The Hall–Kier alpha value is -1.55. The standard InChI is InChI=1S/C12H13NO2S/c1-3-15-10-6-4-9(5-7-10)11-8-16-12(13-11)14-2/h4-8H,3H2,1-2H3. The van der Waals surface area contributed by atoms with Crippen LogP contribution >= 0.6 is 11.3 Å². The molecule has 0 aliphatic heterocycles. The minimum Gasteiger partial charge on any atom is -0.494 e. The van der Waals surface area contributed by atoms with Crippen molar-refractivity contribution in [2.45, 2.75) is 6.92 Å². The van der Waals surface area contributed by atoms with E-state index in [-0.39, 0.29) is 0 Å². The second-order valence-electron chi connectivity index (χ2n) is 3.16. The van der Waals surface area contributed by atoms with E-state index < -0.39 is 0 Å². The maximum Gasteiger partial charge on any atom is 0.273 e. The van der Waals surface area contributed by atoms with Crippen molar-refractivity contribution >= 4 is 11.3 Å². The molecule has 2 rings (SSSR count). The summed E-state index contributed by atoms with van der Waals surface area (Å²) in [6, 6.07) is 7.90. The van der Waals surface area contributed by atoms with Gasteiger partial charge in [-0.15, -0.1) is 0 Å². The minimum atomic E-state index is 0.684. The Kier molecular flexibility index (Phi) is 3.41. The molecule has 0 N–H and O–H groups in total.